The Balaban J connectivity index is 1.41. The Kier molecular flexibility index (Phi) is 7.31. The van der Waals surface area contributed by atoms with Crippen molar-refractivity contribution in [2.45, 2.75) is 0 Å². The average molecular weight is 404 g/mol. The first-order chi connectivity index (χ1) is 14.2. The number of rotatable bonds is 7. The highest BCUT2D eigenvalue weighted by atomic mass is 32.1. The van der Waals surface area contributed by atoms with Crippen LogP contribution in [0, 0.1) is 0 Å². The number of amides is 1. The summed E-state index contributed by atoms with van der Waals surface area (Å²) in [7, 11) is 0. The van der Waals surface area contributed by atoms with Crippen LogP contribution in [0.5, 0.6) is 5.75 Å². The summed E-state index contributed by atoms with van der Waals surface area (Å²) in [4.78, 5) is 11.9. The summed E-state index contributed by atoms with van der Waals surface area (Å²) in [5.74, 6) is 0.380. The van der Waals surface area contributed by atoms with Crippen molar-refractivity contribution in [3.05, 3.63) is 90.5 Å². The van der Waals surface area contributed by atoms with E-state index >= 15 is 0 Å². The first-order valence-corrected chi connectivity index (χ1v) is 9.33. The Morgan fingerprint density at radius 1 is 0.862 bits per heavy atom. The molecule has 3 rings (SSSR count). The number of carbonyl (C=O) groups is 1. The number of ether oxygens (including phenoxy) is 1. The summed E-state index contributed by atoms with van der Waals surface area (Å²) in [6.45, 7) is -0.0662. The highest BCUT2D eigenvalue weighted by Crippen LogP contribution is 2.12. The van der Waals surface area contributed by atoms with E-state index < -0.39 is 0 Å². The topological polar surface area (TPSA) is 74.8 Å². The minimum Gasteiger partial charge on any atom is -0.484 e. The van der Waals surface area contributed by atoms with E-state index in [1.807, 2.05) is 72.8 Å². The minimum absolute atomic E-state index is 0.0662. The molecule has 0 spiro atoms. The van der Waals surface area contributed by atoms with Crippen molar-refractivity contribution < 1.29 is 9.53 Å². The van der Waals surface area contributed by atoms with Crippen LogP contribution >= 0.6 is 12.2 Å². The van der Waals surface area contributed by atoms with Crippen molar-refractivity contribution in [3.8, 4) is 5.75 Å². The van der Waals surface area contributed by atoms with Crippen molar-refractivity contribution in [2.75, 3.05) is 17.2 Å². The van der Waals surface area contributed by atoms with E-state index in [0.717, 1.165) is 16.9 Å². The number of thiocarbonyl (C=S) groups is 1. The van der Waals surface area contributed by atoms with Gasteiger partial charge in [-0.05, 0) is 66.3 Å². The Bertz CT molecular complexity index is 961. The molecule has 3 N–H and O–H groups in total. The van der Waals surface area contributed by atoms with Crippen molar-refractivity contribution in [3.63, 3.8) is 0 Å². The minimum atomic E-state index is -0.217. The molecule has 0 unspecified atom stereocenters. The lowest BCUT2D eigenvalue weighted by Gasteiger charge is -2.08. The third kappa shape index (κ3) is 7.08. The Morgan fingerprint density at radius 2 is 1.45 bits per heavy atom. The SMILES string of the molecule is O=C(COc1ccc(/C=N\NC(=S)Nc2ccccc2)cc1)Nc1ccccc1. The molecule has 0 aromatic heterocycles. The summed E-state index contributed by atoms with van der Waals surface area (Å²) in [6.07, 6.45) is 1.64. The second kappa shape index (κ2) is 10.6. The molecule has 29 heavy (non-hydrogen) atoms. The van der Waals surface area contributed by atoms with E-state index in [0.29, 0.717) is 10.9 Å². The lowest BCUT2D eigenvalue weighted by Crippen LogP contribution is -2.23. The molecule has 0 heterocycles. The molecule has 7 heteroatoms. The largest absolute Gasteiger partial charge is 0.484 e. The maximum atomic E-state index is 11.9. The third-order valence-electron chi connectivity index (χ3n) is 3.72. The number of carbonyl (C=O) groups excluding carboxylic acids is 1. The van der Waals surface area contributed by atoms with E-state index in [1.165, 1.54) is 0 Å². The summed E-state index contributed by atoms with van der Waals surface area (Å²) in [6, 6.07) is 26.1. The predicted octanol–water partition coefficient (Wildman–Crippen LogP) is 4.02. The summed E-state index contributed by atoms with van der Waals surface area (Å²) < 4.78 is 5.50. The van der Waals surface area contributed by atoms with Crippen LogP contribution in [0.2, 0.25) is 0 Å². The number of nitrogens with one attached hydrogen (secondary N) is 3. The van der Waals surface area contributed by atoms with Gasteiger partial charge in [-0.15, -0.1) is 0 Å². The second-order valence-corrected chi connectivity index (χ2v) is 6.37. The monoisotopic (exact) mass is 404 g/mol. The van der Waals surface area contributed by atoms with E-state index in [-0.39, 0.29) is 12.5 Å². The number of para-hydroxylation sites is 2. The van der Waals surface area contributed by atoms with Gasteiger partial charge in [-0.25, -0.2) is 0 Å². The van der Waals surface area contributed by atoms with Crippen LogP contribution in [-0.2, 0) is 4.79 Å². The van der Waals surface area contributed by atoms with Crippen LogP contribution in [0.4, 0.5) is 11.4 Å². The van der Waals surface area contributed by atoms with E-state index in [1.54, 1.807) is 18.3 Å². The number of nitrogens with zero attached hydrogens (tertiary/aromatic N) is 1. The quantitative estimate of drug-likeness (QED) is 0.315. The number of anilines is 2. The van der Waals surface area contributed by atoms with Crippen LogP contribution in [0.25, 0.3) is 0 Å². The third-order valence-corrected chi connectivity index (χ3v) is 3.91. The summed E-state index contributed by atoms with van der Waals surface area (Å²) in [5.41, 5.74) is 5.25. The standard InChI is InChI=1S/C22H20N4O2S/c27-21(24-18-7-3-1-4-8-18)16-28-20-13-11-17(12-14-20)15-23-26-22(29)25-19-9-5-2-6-10-19/h1-15H,16H2,(H,24,27)(H2,25,26,29)/b23-15-. The zero-order valence-electron chi connectivity index (χ0n) is 15.5. The average Bonchev–Trinajstić information content (AvgIpc) is 2.75. The molecule has 0 saturated heterocycles. The molecule has 0 aliphatic heterocycles. The molecular weight excluding hydrogens is 384 g/mol. The molecule has 1 amide bonds. The molecule has 0 aliphatic carbocycles. The van der Waals surface area contributed by atoms with Crippen molar-refractivity contribution >= 4 is 40.8 Å². The molecule has 0 fully saturated rings. The molecule has 6 nitrogen and oxygen atoms in total. The molecule has 0 radical (unpaired) electrons. The number of benzene rings is 3. The van der Waals surface area contributed by atoms with Gasteiger partial charge in [-0.2, -0.15) is 5.10 Å². The second-order valence-electron chi connectivity index (χ2n) is 5.96. The normalized spacial score (nSPS) is 10.3. The first kappa shape index (κ1) is 20.0. The van der Waals surface area contributed by atoms with Gasteiger partial charge in [0.1, 0.15) is 5.75 Å². The van der Waals surface area contributed by atoms with Crippen LogP contribution in [0.15, 0.2) is 90.0 Å². The van der Waals surface area contributed by atoms with Crippen LogP contribution in [0.1, 0.15) is 5.56 Å². The summed E-state index contributed by atoms with van der Waals surface area (Å²) in [5, 5.41) is 10.3. The number of hydrogen-bond donors (Lipinski definition) is 3. The number of hydrazone groups is 1. The van der Waals surface area contributed by atoms with Crippen LogP contribution in [0.3, 0.4) is 0 Å². The molecular formula is C22H20N4O2S. The maximum Gasteiger partial charge on any atom is 0.262 e. The van der Waals surface area contributed by atoms with Gasteiger partial charge in [-0.1, -0.05) is 36.4 Å². The van der Waals surface area contributed by atoms with Gasteiger partial charge in [-0.3, -0.25) is 10.2 Å². The highest BCUT2D eigenvalue weighted by Gasteiger charge is 2.03. The van der Waals surface area contributed by atoms with Crippen molar-refractivity contribution in [1.82, 2.24) is 5.43 Å². The van der Waals surface area contributed by atoms with Gasteiger partial charge in [0.25, 0.3) is 5.91 Å². The zero-order chi connectivity index (χ0) is 20.3. The molecule has 3 aromatic rings. The molecule has 3 aromatic carbocycles. The lowest BCUT2D eigenvalue weighted by atomic mass is 10.2. The lowest BCUT2D eigenvalue weighted by molar-refractivity contribution is -0.118. The first-order valence-electron chi connectivity index (χ1n) is 8.92. The molecule has 0 bridgehead atoms. The summed E-state index contributed by atoms with van der Waals surface area (Å²) >= 11 is 5.18. The fourth-order valence-electron chi connectivity index (χ4n) is 2.36. The smallest absolute Gasteiger partial charge is 0.262 e. The van der Waals surface area contributed by atoms with Crippen molar-refractivity contribution in [2.24, 2.45) is 5.10 Å². The Hall–Kier alpha value is -3.71. The van der Waals surface area contributed by atoms with Gasteiger partial charge in [0, 0.05) is 11.4 Å². The zero-order valence-corrected chi connectivity index (χ0v) is 16.4. The van der Waals surface area contributed by atoms with Gasteiger partial charge < -0.3 is 15.4 Å². The van der Waals surface area contributed by atoms with Crippen LogP contribution < -0.4 is 20.8 Å². The van der Waals surface area contributed by atoms with E-state index in [2.05, 4.69) is 21.2 Å². The molecule has 0 saturated carbocycles. The van der Waals surface area contributed by atoms with E-state index in [9.17, 15) is 4.79 Å². The number of hydrogen-bond acceptors (Lipinski definition) is 4. The molecule has 0 atom stereocenters. The Labute approximate surface area is 174 Å². The fraction of sp³-hybridized carbons (Fsp3) is 0.0455. The highest BCUT2D eigenvalue weighted by molar-refractivity contribution is 7.80. The van der Waals surface area contributed by atoms with Gasteiger partial charge in [0.2, 0.25) is 0 Å². The predicted molar refractivity (Wildman–Crippen MR) is 120 cm³/mol. The van der Waals surface area contributed by atoms with Gasteiger partial charge >= 0.3 is 0 Å². The Morgan fingerprint density at radius 3 is 2.07 bits per heavy atom. The molecule has 0 aliphatic rings. The van der Waals surface area contributed by atoms with Gasteiger partial charge in [0.15, 0.2) is 11.7 Å². The fourth-order valence-corrected chi connectivity index (χ4v) is 2.53. The maximum absolute atomic E-state index is 11.9. The van der Waals surface area contributed by atoms with E-state index in [4.69, 9.17) is 17.0 Å². The molecule has 146 valence electrons. The van der Waals surface area contributed by atoms with Gasteiger partial charge in [0.05, 0.1) is 6.21 Å². The van der Waals surface area contributed by atoms with Crippen LogP contribution in [-0.4, -0.2) is 23.8 Å². The van der Waals surface area contributed by atoms with Crippen molar-refractivity contribution in [1.29, 1.82) is 0 Å².